The maximum Gasteiger partial charge on any atom is 0.243 e. The third kappa shape index (κ3) is 8.74. The van der Waals surface area contributed by atoms with Crippen molar-refractivity contribution < 1.29 is 14.4 Å². The topological polar surface area (TPSA) is 78.5 Å². The molecular weight excluding hydrogens is 365 g/mol. The van der Waals surface area contributed by atoms with E-state index in [0.29, 0.717) is 28.7 Å². The number of amides is 3. The molecule has 0 aliphatic rings. The van der Waals surface area contributed by atoms with Crippen molar-refractivity contribution in [3.05, 3.63) is 28.2 Å². The molecule has 0 heterocycles. The van der Waals surface area contributed by atoms with Crippen LogP contribution in [-0.2, 0) is 14.4 Å². The molecule has 1 rings (SSSR count). The van der Waals surface area contributed by atoms with Crippen molar-refractivity contribution >= 4 is 46.6 Å². The van der Waals surface area contributed by atoms with Crippen LogP contribution in [0.25, 0.3) is 0 Å². The van der Waals surface area contributed by atoms with E-state index in [1.165, 1.54) is 11.8 Å². The second-order valence-corrected chi connectivity index (χ2v) is 6.53. The fourth-order valence-corrected chi connectivity index (χ4v) is 2.41. The summed E-state index contributed by atoms with van der Waals surface area (Å²) in [6.07, 6.45) is 2.76. The van der Waals surface area contributed by atoms with Gasteiger partial charge in [-0.15, -0.1) is 0 Å². The van der Waals surface area contributed by atoms with Gasteiger partial charge in [-0.05, 0) is 31.0 Å². The van der Waals surface area contributed by atoms with Crippen LogP contribution in [0.4, 0.5) is 5.69 Å². The van der Waals surface area contributed by atoms with Crippen LogP contribution in [0, 0.1) is 0 Å². The number of benzene rings is 1. The van der Waals surface area contributed by atoms with Gasteiger partial charge in [0.25, 0.3) is 0 Å². The average molecular weight is 388 g/mol. The summed E-state index contributed by atoms with van der Waals surface area (Å²) < 4.78 is 0. The molecule has 8 heteroatoms. The summed E-state index contributed by atoms with van der Waals surface area (Å²) in [5, 5.41) is 6.14. The summed E-state index contributed by atoms with van der Waals surface area (Å²) in [6.45, 7) is 2.05. The van der Waals surface area contributed by atoms with Gasteiger partial charge in [0, 0.05) is 32.6 Å². The van der Waals surface area contributed by atoms with E-state index in [4.69, 9.17) is 23.2 Å². The highest BCUT2D eigenvalue weighted by molar-refractivity contribution is 6.42. The first kappa shape index (κ1) is 21.3. The van der Waals surface area contributed by atoms with E-state index in [2.05, 4.69) is 10.6 Å². The summed E-state index contributed by atoms with van der Waals surface area (Å²) in [5.74, 6) is -0.451. The lowest BCUT2D eigenvalue weighted by Gasteiger charge is -2.17. The number of halogens is 2. The van der Waals surface area contributed by atoms with Crippen LogP contribution in [0.15, 0.2) is 18.2 Å². The van der Waals surface area contributed by atoms with Crippen molar-refractivity contribution in [2.75, 3.05) is 25.5 Å². The normalized spacial score (nSPS) is 10.2. The summed E-state index contributed by atoms with van der Waals surface area (Å²) >= 11 is 11.7. The number of rotatable bonds is 9. The highest BCUT2D eigenvalue weighted by atomic mass is 35.5. The molecule has 6 nitrogen and oxygen atoms in total. The largest absolute Gasteiger partial charge is 0.356 e. The molecule has 0 unspecified atom stereocenters. The number of anilines is 1. The molecule has 0 saturated heterocycles. The Bertz CT molecular complexity index is 623. The zero-order chi connectivity index (χ0) is 18.8. The van der Waals surface area contributed by atoms with Crippen molar-refractivity contribution in [3.8, 4) is 0 Å². The number of nitrogens with one attached hydrogen (secondary N) is 2. The smallest absolute Gasteiger partial charge is 0.243 e. The molecule has 0 bridgehead atoms. The third-order valence-electron chi connectivity index (χ3n) is 3.45. The Kier molecular flexibility index (Phi) is 9.31. The van der Waals surface area contributed by atoms with Gasteiger partial charge in [-0.25, -0.2) is 0 Å². The summed E-state index contributed by atoms with van der Waals surface area (Å²) in [6, 6.07) is 4.79. The molecular formula is C17H23Cl2N3O3. The molecule has 1 aromatic rings. The molecule has 25 heavy (non-hydrogen) atoms. The van der Waals surface area contributed by atoms with Gasteiger partial charge in [-0.3, -0.25) is 14.4 Å². The first-order valence-corrected chi connectivity index (χ1v) is 8.78. The van der Waals surface area contributed by atoms with Crippen molar-refractivity contribution in [1.82, 2.24) is 10.2 Å². The monoisotopic (exact) mass is 387 g/mol. The second-order valence-electron chi connectivity index (χ2n) is 5.72. The van der Waals surface area contributed by atoms with Crippen LogP contribution in [0.5, 0.6) is 0 Å². The first-order valence-electron chi connectivity index (χ1n) is 8.03. The van der Waals surface area contributed by atoms with Gasteiger partial charge in [0.05, 0.1) is 16.6 Å². The summed E-state index contributed by atoms with van der Waals surface area (Å²) in [5.41, 5.74) is 0.526. The minimum atomic E-state index is -0.306. The van der Waals surface area contributed by atoms with Crippen molar-refractivity contribution in [2.24, 2.45) is 0 Å². The fourth-order valence-electron chi connectivity index (χ4n) is 2.11. The van der Waals surface area contributed by atoms with Crippen molar-refractivity contribution in [2.45, 2.75) is 32.6 Å². The van der Waals surface area contributed by atoms with Crippen molar-refractivity contribution in [1.29, 1.82) is 0 Å². The molecule has 1 aromatic carbocycles. The Hall–Kier alpha value is -1.79. The van der Waals surface area contributed by atoms with Gasteiger partial charge < -0.3 is 15.5 Å². The number of likely N-dealkylation sites (N-methyl/N-ethyl adjacent to an activating group) is 1. The van der Waals surface area contributed by atoms with E-state index >= 15 is 0 Å². The van der Waals surface area contributed by atoms with Gasteiger partial charge in [0.2, 0.25) is 17.7 Å². The molecule has 0 saturated carbocycles. The van der Waals surface area contributed by atoms with Crippen LogP contribution < -0.4 is 10.6 Å². The molecule has 0 aliphatic carbocycles. The molecule has 2 N–H and O–H groups in total. The Balaban J connectivity index is 2.28. The molecule has 0 fully saturated rings. The van der Waals surface area contributed by atoms with E-state index in [1.54, 1.807) is 25.2 Å². The Morgan fingerprint density at radius 3 is 2.44 bits per heavy atom. The maximum absolute atomic E-state index is 12.0. The lowest BCUT2D eigenvalue weighted by Crippen LogP contribution is -2.34. The third-order valence-corrected chi connectivity index (χ3v) is 4.19. The standard InChI is InChI=1S/C17H23Cl2N3O3/c1-12(23)20-9-5-3-4-6-17(25)22(2)11-16(24)21-13-7-8-14(18)15(19)10-13/h7-8,10H,3-6,9,11H2,1-2H3,(H,20,23)(H,21,24). The van der Waals surface area contributed by atoms with Gasteiger partial charge in [0.1, 0.15) is 0 Å². The average Bonchev–Trinajstić information content (AvgIpc) is 2.53. The molecule has 3 amide bonds. The number of carbonyl (C=O) groups is 3. The minimum absolute atomic E-state index is 0.0367. The molecule has 138 valence electrons. The van der Waals surface area contributed by atoms with Gasteiger partial charge in [0.15, 0.2) is 0 Å². The van der Waals surface area contributed by atoms with Crippen LogP contribution >= 0.6 is 23.2 Å². The van der Waals surface area contributed by atoms with Gasteiger partial charge in [-0.1, -0.05) is 29.6 Å². The van der Waals surface area contributed by atoms with Gasteiger partial charge in [-0.2, -0.15) is 0 Å². The lowest BCUT2D eigenvalue weighted by atomic mass is 10.2. The second kappa shape index (κ2) is 10.9. The fraction of sp³-hybridized carbons (Fsp3) is 0.471. The van der Waals surface area contributed by atoms with Crippen LogP contribution in [0.3, 0.4) is 0 Å². The number of unbranched alkanes of at least 4 members (excludes halogenated alkanes) is 2. The molecule has 0 spiro atoms. The summed E-state index contributed by atoms with van der Waals surface area (Å²) in [7, 11) is 1.59. The predicted octanol–water partition coefficient (Wildman–Crippen LogP) is 3.09. The van der Waals surface area contributed by atoms with Crippen LogP contribution in [-0.4, -0.2) is 42.8 Å². The highest BCUT2D eigenvalue weighted by Crippen LogP contribution is 2.24. The number of nitrogens with zero attached hydrogens (tertiary/aromatic N) is 1. The maximum atomic E-state index is 12.0. The zero-order valence-corrected chi connectivity index (χ0v) is 15.9. The Labute approximate surface area is 157 Å². The number of hydrogen-bond acceptors (Lipinski definition) is 3. The Morgan fingerprint density at radius 2 is 1.80 bits per heavy atom. The number of hydrogen-bond donors (Lipinski definition) is 2. The van der Waals surface area contributed by atoms with Crippen LogP contribution in [0.1, 0.15) is 32.6 Å². The molecule has 0 aliphatic heterocycles. The molecule has 0 radical (unpaired) electrons. The quantitative estimate of drug-likeness (QED) is 0.638. The van der Waals surface area contributed by atoms with Crippen LogP contribution in [0.2, 0.25) is 10.0 Å². The lowest BCUT2D eigenvalue weighted by molar-refractivity contribution is -0.133. The Morgan fingerprint density at radius 1 is 1.08 bits per heavy atom. The first-order chi connectivity index (χ1) is 11.8. The zero-order valence-electron chi connectivity index (χ0n) is 14.4. The van der Waals surface area contributed by atoms with E-state index in [9.17, 15) is 14.4 Å². The molecule has 0 aromatic heterocycles. The van der Waals surface area contributed by atoms with Gasteiger partial charge >= 0.3 is 0 Å². The van der Waals surface area contributed by atoms with E-state index in [1.807, 2.05) is 0 Å². The van der Waals surface area contributed by atoms with Crippen molar-refractivity contribution in [3.63, 3.8) is 0 Å². The van der Waals surface area contributed by atoms with E-state index < -0.39 is 0 Å². The van der Waals surface area contributed by atoms with E-state index in [-0.39, 0.29) is 24.3 Å². The highest BCUT2D eigenvalue weighted by Gasteiger charge is 2.13. The molecule has 0 atom stereocenters. The number of carbonyl (C=O) groups excluding carboxylic acids is 3. The summed E-state index contributed by atoms with van der Waals surface area (Å²) in [4.78, 5) is 36.1. The SMILES string of the molecule is CC(=O)NCCCCCC(=O)N(C)CC(=O)Nc1ccc(Cl)c(Cl)c1. The van der Waals surface area contributed by atoms with E-state index in [0.717, 1.165) is 19.3 Å². The minimum Gasteiger partial charge on any atom is -0.356 e. The predicted molar refractivity (Wildman–Crippen MR) is 99.9 cm³/mol.